The van der Waals surface area contributed by atoms with Crippen LogP contribution in [0, 0.1) is 0 Å². The lowest BCUT2D eigenvalue weighted by Crippen LogP contribution is -2.47. The fourth-order valence-corrected chi connectivity index (χ4v) is 1.61. The van der Waals surface area contributed by atoms with E-state index in [0.717, 1.165) is 0 Å². The van der Waals surface area contributed by atoms with Crippen molar-refractivity contribution in [1.82, 2.24) is 4.90 Å². The van der Waals surface area contributed by atoms with Crippen molar-refractivity contribution in [3.63, 3.8) is 0 Å². The van der Waals surface area contributed by atoms with Crippen LogP contribution in [0.4, 0.5) is 0 Å². The predicted molar refractivity (Wildman–Crippen MR) is 51.4 cm³/mol. The van der Waals surface area contributed by atoms with Crippen LogP contribution in [-0.2, 0) is 9.53 Å². The summed E-state index contributed by atoms with van der Waals surface area (Å²) in [5.41, 5.74) is 0. The first-order valence-corrected chi connectivity index (χ1v) is 4.70. The van der Waals surface area contributed by atoms with E-state index in [1.165, 1.54) is 0 Å². The van der Waals surface area contributed by atoms with Crippen LogP contribution < -0.4 is 0 Å². The molecule has 0 saturated carbocycles. The van der Waals surface area contributed by atoms with Crippen molar-refractivity contribution in [3.8, 4) is 0 Å². The molecule has 0 radical (unpaired) electrons. The third-order valence-electron chi connectivity index (χ3n) is 2.04. The molecule has 0 aliphatic carbocycles. The van der Waals surface area contributed by atoms with Gasteiger partial charge in [0, 0.05) is 13.1 Å². The maximum Gasteiger partial charge on any atom is 0.246 e. The average Bonchev–Trinajstić information content (AvgIpc) is 2.03. The topological polar surface area (TPSA) is 29.5 Å². The predicted octanol–water partition coefficient (Wildman–Crippen LogP) is 1.20. The van der Waals surface area contributed by atoms with Gasteiger partial charge in [-0.15, -0.1) is 0 Å². The molecule has 1 heterocycles. The van der Waals surface area contributed by atoms with E-state index in [1.54, 1.807) is 12.2 Å². The van der Waals surface area contributed by atoms with Crippen LogP contribution in [0.25, 0.3) is 0 Å². The number of carbonyl (C=O) groups is 1. The zero-order valence-electron chi connectivity index (χ0n) is 8.49. The molecule has 0 spiro atoms. The molecule has 1 aliphatic heterocycles. The number of hydrogen-bond donors (Lipinski definition) is 0. The Morgan fingerprint density at radius 2 is 1.92 bits per heavy atom. The highest BCUT2D eigenvalue weighted by molar-refractivity contribution is 5.87. The van der Waals surface area contributed by atoms with Crippen LogP contribution in [0.15, 0.2) is 12.2 Å². The average molecular weight is 183 g/mol. The molecular weight excluding hydrogens is 166 g/mol. The number of nitrogens with zero attached hydrogens (tertiary/aromatic N) is 1. The molecule has 3 nitrogen and oxygen atoms in total. The van der Waals surface area contributed by atoms with Gasteiger partial charge in [-0.3, -0.25) is 4.79 Å². The Hall–Kier alpha value is -0.830. The van der Waals surface area contributed by atoms with E-state index in [1.807, 2.05) is 25.7 Å². The van der Waals surface area contributed by atoms with Gasteiger partial charge in [0.2, 0.25) is 5.91 Å². The number of ether oxygens (including phenoxy) is 1. The Morgan fingerprint density at radius 3 is 2.38 bits per heavy atom. The summed E-state index contributed by atoms with van der Waals surface area (Å²) in [5, 5.41) is 0. The second-order valence-corrected chi connectivity index (χ2v) is 3.50. The van der Waals surface area contributed by atoms with Gasteiger partial charge >= 0.3 is 0 Å². The maximum absolute atomic E-state index is 11.5. The van der Waals surface area contributed by atoms with Crippen molar-refractivity contribution in [2.75, 3.05) is 13.1 Å². The first-order chi connectivity index (χ1) is 6.13. The van der Waals surface area contributed by atoms with Gasteiger partial charge in [0.15, 0.2) is 0 Å². The Balaban J connectivity index is 2.54. The lowest BCUT2D eigenvalue weighted by atomic mass is 10.2. The van der Waals surface area contributed by atoms with E-state index in [0.29, 0.717) is 13.1 Å². The Bertz CT molecular complexity index is 203. The molecule has 0 N–H and O–H groups in total. The Kier molecular flexibility index (Phi) is 3.48. The largest absolute Gasteiger partial charge is 0.372 e. The van der Waals surface area contributed by atoms with Crippen molar-refractivity contribution in [1.29, 1.82) is 0 Å². The fourth-order valence-electron chi connectivity index (χ4n) is 1.61. The second-order valence-electron chi connectivity index (χ2n) is 3.50. The van der Waals surface area contributed by atoms with Gasteiger partial charge in [-0.2, -0.15) is 0 Å². The Morgan fingerprint density at radius 1 is 1.38 bits per heavy atom. The monoisotopic (exact) mass is 183 g/mol. The van der Waals surface area contributed by atoms with Crippen molar-refractivity contribution in [2.45, 2.75) is 33.0 Å². The van der Waals surface area contributed by atoms with E-state index < -0.39 is 0 Å². The van der Waals surface area contributed by atoms with Crippen LogP contribution >= 0.6 is 0 Å². The molecule has 1 fully saturated rings. The molecular formula is C10H17NO2. The summed E-state index contributed by atoms with van der Waals surface area (Å²) in [7, 11) is 0. The molecule has 2 atom stereocenters. The number of allylic oxidation sites excluding steroid dienone is 1. The minimum atomic E-state index is 0.0875. The number of carbonyl (C=O) groups excluding carboxylic acids is 1. The van der Waals surface area contributed by atoms with Crippen LogP contribution in [0.1, 0.15) is 20.8 Å². The molecule has 0 aromatic heterocycles. The van der Waals surface area contributed by atoms with Crippen molar-refractivity contribution >= 4 is 5.91 Å². The summed E-state index contributed by atoms with van der Waals surface area (Å²) in [6.07, 6.45) is 3.67. The van der Waals surface area contributed by atoms with Crippen molar-refractivity contribution < 1.29 is 9.53 Å². The lowest BCUT2D eigenvalue weighted by molar-refractivity contribution is -0.138. The van der Waals surface area contributed by atoms with Gasteiger partial charge in [0.25, 0.3) is 0 Å². The van der Waals surface area contributed by atoms with E-state index in [9.17, 15) is 4.79 Å². The zero-order chi connectivity index (χ0) is 9.84. The number of morpholine rings is 1. The molecule has 3 heteroatoms. The maximum atomic E-state index is 11.5. The molecule has 2 unspecified atom stereocenters. The molecule has 1 aliphatic rings. The van der Waals surface area contributed by atoms with Gasteiger partial charge in [-0.1, -0.05) is 6.08 Å². The first kappa shape index (κ1) is 10.3. The summed E-state index contributed by atoms with van der Waals surface area (Å²) in [5.74, 6) is 0.0875. The number of hydrogen-bond acceptors (Lipinski definition) is 2. The highest BCUT2D eigenvalue weighted by Gasteiger charge is 2.24. The molecule has 1 rings (SSSR count). The summed E-state index contributed by atoms with van der Waals surface area (Å²) in [4.78, 5) is 13.3. The molecule has 0 bridgehead atoms. The highest BCUT2D eigenvalue weighted by atomic mass is 16.5. The molecule has 13 heavy (non-hydrogen) atoms. The second kappa shape index (κ2) is 4.42. The van der Waals surface area contributed by atoms with Gasteiger partial charge in [-0.05, 0) is 26.8 Å². The van der Waals surface area contributed by atoms with Crippen LogP contribution in [0.3, 0.4) is 0 Å². The third-order valence-corrected chi connectivity index (χ3v) is 2.04. The third kappa shape index (κ3) is 2.84. The Labute approximate surface area is 79.4 Å². The quantitative estimate of drug-likeness (QED) is 0.572. The van der Waals surface area contributed by atoms with E-state index >= 15 is 0 Å². The summed E-state index contributed by atoms with van der Waals surface area (Å²) >= 11 is 0. The molecule has 0 aromatic rings. The van der Waals surface area contributed by atoms with Crippen LogP contribution in [-0.4, -0.2) is 36.1 Å². The van der Waals surface area contributed by atoms with Crippen LogP contribution in [0.2, 0.25) is 0 Å². The van der Waals surface area contributed by atoms with Gasteiger partial charge in [-0.25, -0.2) is 0 Å². The minimum absolute atomic E-state index is 0.0875. The van der Waals surface area contributed by atoms with E-state index in [-0.39, 0.29) is 18.1 Å². The molecule has 74 valence electrons. The minimum Gasteiger partial charge on any atom is -0.372 e. The van der Waals surface area contributed by atoms with Gasteiger partial charge < -0.3 is 9.64 Å². The fraction of sp³-hybridized carbons (Fsp3) is 0.700. The lowest BCUT2D eigenvalue weighted by Gasteiger charge is -2.34. The number of rotatable bonds is 1. The number of amides is 1. The van der Waals surface area contributed by atoms with Crippen LogP contribution in [0.5, 0.6) is 0 Å². The van der Waals surface area contributed by atoms with E-state index in [2.05, 4.69) is 0 Å². The first-order valence-electron chi connectivity index (χ1n) is 4.70. The van der Waals surface area contributed by atoms with Crippen molar-refractivity contribution in [3.05, 3.63) is 12.2 Å². The standard InChI is InChI=1S/C10H17NO2/c1-4-5-10(12)11-6-8(2)13-9(3)7-11/h4-5,8-9H,6-7H2,1-3H3. The van der Waals surface area contributed by atoms with Crippen molar-refractivity contribution in [2.24, 2.45) is 0 Å². The van der Waals surface area contributed by atoms with Gasteiger partial charge in [0.05, 0.1) is 12.2 Å². The summed E-state index contributed by atoms with van der Waals surface area (Å²) in [6.45, 7) is 7.24. The van der Waals surface area contributed by atoms with Gasteiger partial charge in [0.1, 0.15) is 0 Å². The molecule has 1 saturated heterocycles. The normalized spacial score (nSPS) is 29.6. The van der Waals surface area contributed by atoms with E-state index in [4.69, 9.17) is 4.74 Å². The SMILES string of the molecule is CC=CC(=O)N1CC(C)OC(C)C1. The molecule has 0 aromatic carbocycles. The smallest absolute Gasteiger partial charge is 0.246 e. The summed E-state index contributed by atoms with van der Waals surface area (Å²) in [6, 6.07) is 0. The highest BCUT2D eigenvalue weighted by Crippen LogP contribution is 2.10. The summed E-state index contributed by atoms with van der Waals surface area (Å²) < 4.78 is 5.53. The molecule has 1 amide bonds. The zero-order valence-corrected chi connectivity index (χ0v) is 8.49.